The van der Waals surface area contributed by atoms with Crippen LogP contribution in [0.2, 0.25) is 0 Å². The number of unbranched alkanes of at least 4 members (excludes halogenated alkanes) is 37. The first kappa shape index (κ1) is 94.1. The molecule has 0 saturated carbocycles. The summed E-state index contributed by atoms with van der Waals surface area (Å²) in [7, 11) is -9.91. The maximum Gasteiger partial charge on any atom is 0.472 e. The number of esters is 4. The SMILES string of the molecule is CCC(C)CCCCCCCCCCCCCCCCC(=O)OC[C@H](COP(=O)(O)OC[C@@H](O)COP(=O)(O)OC[C@@H](COC(=O)CCCCCCCCC(C)CC)OC(=O)CCCCCCCCCCCCCCCCC(C)CC)OC(=O)CCCCCCCCCC(C)C. The normalized spacial score (nSPS) is 15.0. The van der Waals surface area contributed by atoms with Crippen molar-refractivity contribution in [3.63, 3.8) is 0 Å². The molecule has 0 aromatic heterocycles. The van der Waals surface area contributed by atoms with Gasteiger partial charge in [0.1, 0.15) is 19.3 Å². The van der Waals surface area contributed by atoms with Crippen molar-refractivity contribution in [2.75, 3.05) is 39.6 Å². The van der Waals surface area contributed by atoms with Crippen LogP contribution < -0.4 is 0 Å². The van der Waals surface area contributed by atoms with E-state index in [4.69, 9.17) is 37.0 Å². The van der Waals surface area contributed by atoms with Crippen LogP contribution in [0.15, 0.2) is 0 Å². The number of ether oxygens (including phenoxy) is 4. The van der Waals surface area contributed by atoms with Gasteiger partial charge in [-0.05, 0) is 49.4 Å². The van der Waals surface area contributed by atoms with Crippen LogP contribution in [0.5, 0.6) is 0 Å². The molecule has 0 saturated heterocycles. The molecule has 0 aliphatic heterocycles. The monoisotopic (exact) mass is 1410 g/mol. The lowest BCUT2D eigenvalue weighted by Crippen LogP contribution is -2.30. The molecule has 0 bridgehead atoms. The molecule has 570 valence electrons. The van der Waals surface area contributed by atoms with Crippen molar-refractivity contribution in [3.8, 4) is 0 Å². The molecule has 0 aromatic carbocycles. The first-order valence-corrected chi connectivity index (χ1v) is 42.8. The number of phosphoric ester groups is 2. The van der Waals surface area contributed by atoms with Crippen molar-refractivity contribution in [2.24, 2.45) is 23.7 Å². The Labute approximate surface area is 588 Å². The van der Waals surface area contributed by atoms with Crippen molar-refractivity contribution < 1.29 is 80.2 Å². The molecule has 96 heavy (non-hydrogen) atoms. The highest BCUT2D eigenvalue weighted by Crippen LogP contribution is 2.45. The number of aliphatic hydroxyl groups excluding tert-OH is 1. The summed E-state index contributed by atoms with van der Waals surface area (Å²) in [6, 6.07) is 0. The van der Waals surface area contributed by atoms with Gasteiger partial charge in [-0.15, -0.1) is 0 Å². The number of hydrogen-bond acceptors (Lipinski definition) is 15. The van der Waals surface area contributed by atoms with Crippen molar-refractivity contribution >= 4 is 39.5 Å². The third-order valence-corrected chi connectivity index (χ3v) is 20.8. The van der Waals surface area contributed by atoms with Gasteiger partial charge >= 0.3 is 39.5 Å². The molecule has 0 aromatic rings. The zero-order valence-corrected chi connectivity index (χ0v) is 64.8. The van der Waals surface area contributed by atoms with Crippen LogP contribution in [-0.2, 0) is 65.4 Å². The molecule has 19 heteroatoms. The molecule has 0 heterocycles. The maximum absolute atomic E-state index is 13.1. The van der Waals surface area contributed by atoms with Crippen LogP contribution in [0.25, 0.3) is 0 Å². The summed E-state index contributed by atoms with van der Waals surface area (Å²) in [5, 5.41) is 10.6. The van der Waals surface area contributed by atoms with Crippen LogP contribution in [0.1, 0.15) is 389 Å². The van der Waals surface area contributed by atoms with E-state index in [0.29, 0.717) is 31.6 Å². The van der Waals surface area contributed by atoms with E-state index >= 15 is 0 Å². The van der Waals surface area contributed by atoms with Gasteiger partial charge in [0.25, 0.3) is 0 Å². The Balaban J connectivity index is 5.19. The van der Waals surface area contributed by atoms with Gasteiger partial charge in [0.2, 0.25) is 0 Å². The lowest BCUT2D eigenvalue weighted by Gasteiger charge is -2.21. The second kappa shape index (κ2) is 66.3. The van der Waals surface area contributed by atoms with Gasteiger partial charge in [0, 0.05) is 25.7 Å². The molecule has 0 aliphatic rings. The maximum atomic E-state index is 13.1. The second-order valence-corrected chi connectivity index (χ2v) is 31.9. The van der Waals surface area contributed by atoms with E-state index < -0.39 is 97.5 Å². The van der Waals surface area contributed by atoms with Crippen LogP contribution >= 0.6 is 15.6 Å². The predicted octanol–water partition coefficient (Wildman–Crippen LogP) is 22.4. The predicted molar refractivity (Wildman–Crippen MR) is 391 cm³/mol. The van der Waals surface area contributed by atoms with Crippen molar-refractivity contribution in [2.45, 2.75) is 408 Å². The molecule has 0 spiro atoms. The second-order valence-electron chi connectivity index (χ2n) is 28.9. The van der Waals surface area contributed by atoms with Crippen molar-refractivity contribution in [1.29, 1.82) is 0 Å². The molecule has 17 nitrogen and oxygen atoms in total. The van der Waals surface area contributed by atoms with Gasteiger partial charge in [-0.2, -0.15) is 0 Å². The minimum Gasteiger partial charge on any atom is -0.462 e. The summed E-state index contributed by atoms with van der Waals surface area (Å²) < 4.78 is 68.5. The third kappa shape index (κ3) is 66.6. The molecule has 3 N–H and O–H groups in total. The summed E-state index contributed by atoms with van der Waals surface area (Å²) in [5.41, 5.74) is 0. The Morgan fingerprint density at radius 2 is 0.500 bits per heavy atom. The first-order chi connectivity index (χ1) is 46.2. The number of rotatable bonds is 74. The van der Waals surface area contributed by atoms with Gasteiger partial charge in [-0.1, -0.05) is 338 Å². The van der Waals surface area contributed by atoms with Gasteiger partial charge in [-0.25, -0.2) is 9.13 Å². The Morgan fingerprint density at radius 3 is 0.740 bits per heavy atom. The average Bonchev–Trinajstić information content (AvgIpc) is 1.08. The van der Waals surface area contributed by atoms with Crippen molar-refractivity contribution in [1.82, 2.24) is 0 Å². The van der Waals surface area contributed by atoms with E-state index in [9.17, 15) is 43.2 Å². The van der Waals surface area contributed by atoms with Crippen LogP contribution in [0.4, 0.5) is 0 Å². The molecule has 0 rings (SSSR count). The van der Waals surface area contributed by atoms with E-state index in [-0.39, 0.29) is 25.7 Å². The van der Waals surface area contributed by atoms with E-state index in [0.717, 1.165) is 114 Å². The molecule has 0 fully saturated rings. The fourth-order valence-electron chi connectivity index (χ4n) is 11.6. The Bertz CT molecular complexity index is 1890. The lowest BCUT2D eigenvalue weighted by molar-refractivity contribution is -0.161. The van der Waals surface area contributed by atoms with E-state index in [1.54, 1.807) is 0 Å². The van der Waals surface area contributed by atoms with Gasteiger partial charge < -0.3 is 33.8 Å². The highest BCUT2D eigenvalue weighted by atomic mass is 31.2. The number of carbonyl (C=O) groups excluding carboxylic acids is 4. The number of carbonyl (C=O) groups is 4. The average molecular weight is 1410 g/mol. The highest BCUT2D eigenvalue weighted by Gasteiger charge is 2.30. The smallest absolute Gasteiger partial charge is 0.462 e. The quantitative estimate of drug-likeness (QED) is 0.0222. The van der Waals surface area contributed by atoms with E-state index in [1.807, 2.05) is 0 Å². The number of hydrogen-bond donors (Lipinski definition) is 3. The highest BCUT2D eigenvalue weighted by molar-refractivity contribution is 7.47. The third-order valence-electron chi connectivity index (χ3n) is 18.9. The number of aliphatic hydroxyl groups is 1. The fourth-order valence-corrected chi connectivity index (χ4v) is 13.2. The number of phosphoric acid groups is 2. The topological polar surface area (TPSA) is 237 Å². The molecule has 0 radical (unpaired) electrons. The summed E-state index contributed by atoms with van der Waals surface area (Å²) >= 11 is 0. The summed E-state index contributed by atoms with van der Waals surface area (Å²) in [6.45, 7) is 14.2. The minimum atomic E-state index is -4.96. The Morgan fingerprint density at radius 1 is 0.292 bits per heavy atom. The van der Waals surface area contributed by atoms with Gasteiger partial charge in [0.05, 0.1) is 26.4 Å². The summed E-state index contributed by atoms with van der Waals surface area (Å²) in [6.07, 6.45) is 51.4. The zero-order valence-electron chi connectivity index (χ0n) is 63.0. The Kier molecular flexibility index (Phi) is 65.0. The van der Waals surface area contributed by atoms with Gasteiger partial charge in [-0.3, -0.25) is 37.3 Å². The lowest BCUT2D eigenvalue weighted by atomic mass is 9.99. The Hall–Kier alpha value is -1.94. The first-order valence-electron chi connectivity index (χ1n) is 39.8. The van der Waals surface area contributed by atoms with E-state index in [2.05, 4.69) is 55.4 Å². The van der Waals surface area contributed by atoms with Crippen LogP contribution in [0.3, 0.4) is 0 Å². The molecular formula is C77H150O17P2. The molecule has 0 amide bonds. The van der Waals surface area contributed by atoms with Crippen molar-refractivity contribution in [3.05, 3.63) is 0 Å². The van der Waals surface area contributed by atoms with Crippen LogP contribution in [0, 0.1) is 23.7 Å². The zero-order chi connectivity index (χ0) is 71.0. The summed E-state index contributed by atoms with van der Waals surface area (Å²) in [4.78, 5) is 72.8. The molecular weight excluding hydrogens is 1260 g/mol. The molecule has 0 aliphatic carbocycles. The molecule has 8 atom stereocenters. The standard InChI is InChI=1S/C77H150O17P2/c1-9-68(6)54-46-38-30-24-20-16-12-14-18-22-26-32-41-49-57-74(79)87-63-72(94-77(82)60-52-44-34-28-29-37-45-53-67(4)5)65-91-95(83,84)89-61-71(78)62-90-96(85,86)92-66-73(64-88-75(80)58-50-42-36-35-40-48-56-70(8)11-3)93-76(81)59-51-43-33-27-23-19-15-13-17-21-25-31-39-47-55-69(7)10-2/h67-73,78H,9-66H2,1-8H3,(H,83,84)(H,85,86)/t68?,69?,70?,71-,72-,73-/m1/s1. The van der Waals surface area contributed by atoms with Crippen LogP contribution in [-0.4, -0.2) is 96.7 Å². The largest absolute Gasteiger partial charge is 0.472 e. The van der Waals surface area contributed by atoms with E-state index in [1.165, 1.54) is 186 Å². The minimum absolute atomic E-state index is 0.103. The van der Waals surface area contributed by atoms with Gasteiger partial charge in [0.15, 0.2) is 12.2 Å². The molecule has 5 unspecified atom stereocenters. The fraction of sp³-hybridized carbons (Fsp3) is 0.948. The summed E-state index contributed by atoms with van der Waals surface area (Å²) in [5.74, 6) is 0.999.